The van der Waals surface area contributed by atoms with Crippen LogP contribution in [0.15, 0.2) is 59.1 Å². The molecule has 9 heteroatoms. The molecule has 2 aromatic heterocycles. The average Bonchev–Trinajstić information content (AvgIpc) is 3.54. The van der Waals surface area contributed by atoms with Gasteiger partial charge in [-0.15, -0.1) is 11.3 Å². The fourth-order valence-electron chi connectivity index (χ4n) is 4.65. The number of hydrogen-bond donors (Lipinski definition) is 1. The van der Waals surface area contributed by atoms with Crippen molar-refractivity contribution in [2.45, 2.75) is 26.9 Å². The van der Waals surface area contributed by atoms with E-state index in [2.05, 4.69) is 62.3 Å². The minimum Gasteiger partial charge on any atom is -0.347 e. The summed E-state index contributed by atoms with van der Waals surface area (Å²) in [6.45, 7) is 11.4. The predicted molar refractivity (Wildman–Crippen MR) is 153 cm³/mol. The highest BCUT2D eigenvalue weighted by Crippen LogP contribution is 2.30. The monoisotopic (exact) mass is 534 g/mol. The van der Waals surface area contributed by atoms with Gasteiger partial charge in [-0.1, -0.05) is 30.7 Å². The molecular formula is C28H31ClN6OS. The Labute approximate surface area is 226 Å². The number of aryl methyl sites for hydroxylation is 1. The lowest BCUT2D eigenvalue weighted by Gasteiger charge is -2.33. The third kappa shape index (κ3) is 5.93. The lowest BCUT2D eigenvalue weighted by molar-refractivity contribution is 0.0956. The van der Waals surface area contributed by atoms with Crippen LogP contribution in [-0.4, -0.2) is 64.2 Å². The SMILES string of the molecule is CCN1CCN(Cc2csc(-c3ccc4c(c3)c(C(=O)N/N=C/c3ccc(Cl)cc3)cn4CC)n2)CC1. The lowest BCUT2D eigenvalue weighted by atomic mass is 10.1. The first-order valence-electron chi connectivity index (χ1n) is 12.7. The van der Waals surface area contributed by atoms with Crippen molar-refractivity contribution in [1.82, 2.24) is 24.8 Å². The molecule has 1 aliphatic rings. The largest absolute Gasteiger partial charge is 0.347 e. The molecule has 4 aromatic rings. The molecule has 0 aliphatic carbocycles. The molecule has 1 saturated heterocycles. The van der Waals surface area contributed by atoms with Crippen molar-refractivity contribution in [3.05, 3.63) is 75.9 Å². The molecule has 1 amide bonds. The van der Waals surface area contributed by atoms with E-state index >= 15 is 0 Å². The predicted octanol–water partition coefficient (Wildman–Crippen LogP) is 5.34. The zero-order valence-electron chi connectivity index (χ0n) is 21.2. The summed E-state index contributed by atoms with van der Waals surface area (Å²) in [5, 5.41) is 8.82. The Kier molecular flexibility index (Phi) is 8.00. The number of carbonyl (C=O) groups is 1. The molecule has 1 N–H and O–H groups in total. The number of likely N-dealkylation sites (N-methyl/N-ethyl adjacent to an activating group) is 1. The summed E-state index contributed by atoms with van der Waals surface area (Å²) < 4.78 is 2.08. The molecule has 5 rings (SSSR count). The highest BCUT2D eigenvalue weighted by molar-refractivity contribution is 7.13. The van der Waals surface area contributed by atoms with Crippen molar-refractivity contribution in [2.24, 2.45) is 5.10 Å². The molecule has 0 unspecified atom stereocenters. The molecule has 7 nitrogen and oxygen atoms in total. The van der Waals surface area contributed by atoms with Crippen molar-refractivity contribution >= 4 is 46.0 Å². The molecule has 0 atom stereocenters. The summed E-state index contributed by atoms with van der Waals surface area (Å²) in [6.07, 6.45) is 3.50. The van der Waals surface area contributed by atoms with Crippen LogP contribution >= 0.6 is 22.9 Å². The highest BCUT2D eigenvalue weighted by Gasteiger charge is 2.18. The summed E-state index contributed by atoms with van der Waals surface area (Å²) in [4.78, 5) is 23.0. The summed E-state index contributed by atoms with van der Waals surface area (Å²) in [5.41, 5.74) is 7.26. The quantitative estimate of drug-likeness (QED) is 0.245. The van der Waals surface area contributed by atoms with Crippen LogP contribution < -0.4 is 5.43 Å². The Bertz CT molecular complexity index is 1400. The van der Waals surface area contributed by atoms with Gasteiger partial charge in [-0.05, 0) is 49.4 Å². The van der Waals surface area contributed by atoms with Gasteiger partial charge < -0.3 is 9.47 Å². The molecule has 1 fully saturated rings. The van der Waals surface area contributed by atoms with Gasteiger partial charge in [-0.3, -0.25) is 9.69 Å². The summed E-state index contributed by atoms with van der Waals surface area (Å²) >= 11 is 7.59. The van der Waals surface area contributed by atoms with Crippen molar-refractivity contribution < 1.29 is 4.79 Å². The van der Waals surface area contributed by atoms with Crippen LogP contribution in [0.25, 0.3) is 21.5 Å². The maximum Gasteiger partial charge on any atom is 0.273 e. The van der Waals surface area contributed by atoms with Gasteiger partial charge >= 0.3 is 0 Å². The van der Waals surface area contributed by atoms with Crippen LogP contribution in [0.5, 0.6) is 0 Å². The van der Waals surface area contributed by atoms with Crippen LogP contribution in [0.3, 0.4) is 0 Å². The van der Waals surface area contributed by atoms with E-state index in [9.17, 15) is 4.79 Å². The summed E-state index contributed by atoms with van der Waals surface area (Å²) in [6, 6.07) is 13.5. The van der Waals surface area contributed by atoms with Crippen LogP contribution in [-0.2, 0) is 13.1 Å². The van der Waals surface area contributed by atoms with Gasteiger partial charge in [0.05, 0.1) is 17.5 Å². The van der Waals surface area contributed by atoms with Crippen LogP contribution in [0.2, 0.25) is 5.02 Å². The smallest absolute Gasteiger partial charge is 0.273 e. The number of thiazole rings is 1. The Morgan fingerprint density at radius 3 is 2.57 bits per heavy atom. The second-order valence-corrected chi connectivity index (χ2v) is 10.5. The van der Waals surface area contributed by atoms with Gasteiger partial charge in [-0.25, -0.2) is 10.4 Å². The number of piperazine rings is 1. The molecule has 3 heterocycles. The fraction of sp³-hybridized carbons (Fsp3) is 0.321. The second kappa shape index (κ2) is 11.6. The molecule has 0 radical (unpaired) electrons. The van der Waals surface area contributed by atoms with E-state index in [0.717, 1.165) is 78.5 Å². The van der Waals surface area contributed by atoms with Gasteiger partial charge in [0.1, 0.15) is 5.01 Å². The first-order chi connectivity index (χ1) is 18.0. The average molecular weight is 535 g/mol. The van der Waals surface area contributed by atoms with E-state index in [1.165, 1.54) is 0 Å². The fourth-order valence-corrected chi connectivity index (χ4v) is 5.59. The Hall–Kier alpha value is -3.04. The Morgan fingerprint density at radius 2 is 1.84 bits per heavy atom. The Morgan fingerprint density at radius 1 is 1.08 bits per heavy atom. The minimum absolute atomic E-state index is 0.245. The second-order valence-electron chi connectivity index (χ2n) is 9.17. The third-order valence-electron chi connectivity index (χ3n) is 6.81. The van der Waals surface area contributed by atoms with E-state index in [0.29, 0.717) is 10.6 Å². The number of hydrazone groups is 1. The zero-order chi connectivity index (χ0) is 25.8. The molecule has 0 spiro atoms. The minimum atomic E-state index is -0.245. The number of fused-ring (bicyclic) bond motifs is 1. The number of nitrogens with zero attached hydrogens (tertiary/aromatic N) is 5. The van der Waals surface area contributed by atoms with Gasteiger partial charge in [0.15, 0.2) is 0 Å². The van der Waals surface area contributed by atoms with Gasteiger partial charge in [-0.2, -0.15) is 5.10 Å². The van der Waals surface area contributed by atoms with Crippen LogP contribution in [0.4, 0.5) is 0 Å². The van der Waals surface area contributed by atoms with Crippen molar-refractivity contribution in [2.75, 3.05) is 32.7 Å². The number of hydrogen-bond acceptors (Lipinski definition) is 6. The maximum atomic E-state index is 13.1. The number of halogens is 1. The molecular weight excluding hydrogens is 504 g/mol. The van der Waals surface area contributed by atoms with Crippen molar-refractivity contribution in [1.29, 1.82) is 0 Å². The first kappa shape index (κ1) is 25.6. The third-order valence-corrected chi connectivity index (χ3v) is 8.00. The molecule has 192 valence electrons. The molecule has 0 bridgehead atoms. The highest BCUT2D eigenvalue weighted by atomic mass is 35.5. The lowest BCUT2D eigenvalue weighted by Crippen LogP contribution is -2.45. The van der Waals surface area contributed by atoms with E-state index in [1.54, 1.807) is 29.7 Å². The summed E-state index contributed by atoms with van der Waals surface area (Å²) in [7, 11) is 0. The van der Waals surface area contributed by atoms with E-state index in [-0.39, 0.29) is 5.91 Å². The van der Waals surface area contributed by atoms with Crippen LogP contribution in [0.1, 0.15) is 35.5 Å². The number of aromatic nitrogens is 2. The van der Waals surface area contributed by atoms with E-state index in [4.69, 9.17) is 16.6 Å². The van der Waals surface area contributed by atoms with Gasteiger partial charge in [0, 0.05) is 72.3 Å². The normalized spacial score (nSPS) is 15.1. The van der Waals surface area contributed by atoms with E-state index < -0.39 is 0 Å². The van der Waals surface area contributed by atoms with Crippen molar-refractivity contribution in [3.63, 3.8) is 0 Å². The van der Waals surface area contributed by atoms with Gasteiger partial charge in [0.25, 0.3) is 5.91 Å². The number of carbonyl (C=O) groups excluding carboxylic acids is 1. The topological polar surface area (TPSA) is 65.8 Å². The first-order valence-corrected chi connectivity index (χ1v) is 13.9. The number of nitrogens with one attached hydrogen (secondary N) is 1. The summed E-state index contributed by atoms with van der Waals surface area (Å²) in [5.74, 6) is -0.245. The van der Waals surface area contributed by atoms with E-state index in [1.807, 2.05) is 18.3 Å². The molecule has 1 aliphatic heterocycles. The number of benzene rings is 2. The molecule has 2 aromatic carbocycles. The number of rotatable bonds is 8. The molecule has 37 heavy (non-hydrogen) atoms. The zero-order valence-corrected chi connectivity index (χ0v) is 22.7. The maximum absolute atomic E-state index is 13.1. The number of amides is 1. The van der Waals surface area contributed by atoms with Gasteiger partial charge in [0.2, 0.25) is 0 Å². The van der Waals surface area contributed by atoms with Crippen molar-refractivity contribution in [3.8, 4) is 10.6 Å². The standard InChI is InChI=1S/C28H31ClN6OS/c1-3-33-11-13-34(14-12-33)17-23-19-37-28(31-23)21-7-10-26-24(15-21)25(18-35(26)4-2)27(36)32-30-16-20-5-8-22(29)9-6-20/h5-10,15-16,18-19H,3-4,11-14,17H2,1-2H3,(H,32,36)/b30-16+. The molecule has 0 saturated carbocycles. The Balaban J connectivity index is 1.33. The van der Waals surface area contributed by atoms with Crippen LogP contribution in [0, 0.1) is 0 Å².